The molecule has 1 N–H and O–H groups in total. The van der Waals surface area contributed by atoms with E-state index >= 15 is 0 Å². The Hall–Kier alpha value is -1.08. The Morgan fingerprint density at radius 1 is 1.12 bits per heavy atom. The minimum absolute atomic E-state index is 0.0865. The Bertz CT molecular complexity index is 307. The topological polar surface area (TPSA) is 56.1 Å². The van der Waals surface area contributed by atoms with Crippen LogP contribution < -0.4 is 5.32 Å². The lowest BCUT2D eigenvalue weighted by Crippen LogP contribution is -2.51. The van der Waals surface area contributed by atoms with E-state index in [1.54, 1.807) is 0 Å². The van der Waals surface area contributed by atoms with Gasteiger partial charge in [-0.1, -0.05) is 25.7 Å². The molecule has 0 spiro atoms. The lowest BCUT2D eigenvalue weighted by molar-refractivity contribution is -0.140. The van der Waals surface area contributed by atoms with Crippen molar-refractivity contribution in [2.45, 2.75) is 38.5 Å². The van der Waals surface area contributed by atoms with E-state index in [4.69, 9.17) is 0 Å². The summed E-state index contributed by atoms with van der Waals surface area (Å²) in [5.74, 6) is 0.0865. The molecular formula is C13H21N3O. The van der Waals surface area contributed by atoms with Gasteiger partial charge in [0, 0.05) is 26.2 Å². The molecule has 4 heteroatoms. The fourth-order valence-electron chi connectivity index (χ4n) is 2.88. The summed E-state index contributed by atoms with van der Waals surface area (Å²) in [5, 5.41) is 12.7. The maximum Gasteiger partial charge on any atom is 0.243 e. The monoisotopic (exact) mass is 235 g/mol. The first kappa shape index (κ1) is 12.4. The first-order valence-electron chi connectivity index (χ1n) is 6.70. The van der Waals surface area contributed by atoms with Crippen molar-refractivity contribution in [1.29, 1.82) is 5.26 Å². The molecule has 1 aliphatic carbocycles. The molecule has 1 heterocycles. The zero-order valence-corrected chi connectivity index (χ0v) is 10.4. The Kier molecular flexibility index (Phi) is 4.01. The van der Waals surface area contributed by atoms with Crippen LogP contribution in [0.3, 0.4) is 0 Å². The van der Waals surface area contributed by atoms with E-state index < -0.39 is 5.41 Å². The lowest BCUT2D eigenvalue weighted by Gasteiger charge is -2.34. The summed E-state index contributed by atoms with van der Waals surface area (Å²) < 4.78 is 0. The van der Waals surface area contributed by atoms with Crippen LogP contribution in [0.15, 0.2) is 0 Å². The van der Waals surface area contributed by atoms with E-state index in [0.29, 0.717) is 0 Å². The van der Waals surface area contributed by atoms with Gasteiger partial charge in [-0.2, -0.15) is 5.26 Å². The lowest BCUT2D eigenvalue weighted by atomic mass is 9.80. The fourth-order valence-corrected chi connectivity index (χ4v) is 2.88. The molecule has 0 radical (unpaired) electrons. The van der Waals surface area contributed by atoms with Crippen molar-refractivity contribution in [3.63, 3.8) is 0 Å². The molecule has 94 valence electrons. The number of carbonyl (C=O) groups excluding carboxylic acids is 1. The third-order valence-corrected chi connectivity index (χ3v) is 3.98. The summed E-state index contributed by atoms with van der Waals surface area (Å²) in [4.78, 5) is 14.4. The molecule has 0 aromatic carbocycles. The number of nitrogens with one attached hydrogen (secondary N) is 1. The van der Waals surface area contributed by atoms with E-state index in [1.165, 1.54) is 0 Å². The predicted octanol–water partition coefficient (Wildman–Crippen LogP) is 1.28. The summed E-state index contributed by atoms with van der Waals surface area (Å²) in [6, 6.07) is 2.34. The van der Waals surface area contributed by atoms with Gasteiger partial charge in [0.25, 0.3) is 0 Å². The molecule has 2 fully saturated rings. The smallest absolute Gasteiger partial charge is 0.243 e. The van der Waals surface area contributed by atoms with E-state index in [-0.39, 0.29) is 5.91 Å². The maximum absolute atomic E-state index is 12.5. The summed E-state index contributed by atoms with van der Waals surface area (Å²) in [7, 11) is 0. The van der Waals surface area contributed by atoms with Crippen molar-refractivity contribution in [3.8, 4) is 6.07 Å². The average Bonchev–Trinajstić information content (AvgIpc) is 2.65. The van der Waals surface area contributed by atoms with Crippen molar-refractivity contribution in [2.24, 2.45) is 5.41 Å². The van der Waals surface area contributed by atoms with Crippen LogP contribution in [0.1, 0.15) is 38.5 Å². The van der Waals surface area contributed by atoms with Crippen LogP contribution in [0, 0.1) is 16.7 Å². The van der Waals surface area contributed by atoms with Gasteiger partial charge in [-0.15, -0.1) is 0 Å². The highest BCUT2D eigenvalue weighted by molar-refractivity contribution is 5.85. The minimum Gasteiger partial charge on any atom is -0.339 e. The Labute approximate surface area is 103 Å². The zero-order chi connectivity index (χ0) is 12.1. The van der Waals surface area contributed by atoms with Gasteiger partial charge < -0.3 is 10.2 Å². The number of nitrogens with zero attached hydrogens (tertiary/aromatic N) is 2. The van der Waals surface area contributed by atoms with Crippen molar-refractivity contribution in [2.75, 3.05) is 26.2 Å². The molecule has 4 nitrogen and oxygen atoms in total. The van der Waals surface area contributed by atoms with E-state index in [1.807, 2.05) is 4.90 Å². The Balaban J connectivity index is 2.10. The number of hydrogen-bond acceptors (Lipinski definition) is 3. The maximum atomic E-state index is 12.5. The van der Waals surface area contributed by atoms with Crippen LogP contribution in [0.5, 0.6) is 0 Å². The van der Waals surface area contributed by atoms with Crippen molar-refractivity contribution in [1.82, 2.24) is 10.2 Å². The molecule has 1 saturated carbocycles. The number of rotatable bonds is 1. The largest absolute Gasteiger partial charge is 0.339 e. The first-order valence-corrected chi connectivity index (χ1v) is 6.70. The van der Waals surface area contributed by atoms with Crippen LogP contribution in [0.4, 0.5) is 0 Å². The second-order valence-electron chi connectivity index (χ2n) is 5.15. The summed E-state index contributed by atoms with van der Waals surface area (Å²) >= 11 is 0. The van der Waals surface area contributed by atoms with Crippen LogP contribution in [0.2, 0.25) is 0 Å². The summed E-state index contributed by atoms with van der Waals surface area (Å²) in [5.41, 5.74) is -0.714. The fraction of sp³-hybridized carbons (Fsp3) is 0.846. The molecule has 2 aliphatic rings. The van der Waals surface area contributed by atoms with Gasteiger partial charge >= 0.3 is 0 Å². The van der Waals surface area contributed by atoms with Crippen LogP contribution >= 0.6 is 0 Å². The van der Waals surface area contributed by atoms with Crippen molar-refractivity contribution in [3.05, 3.63) is 0 Å². The molecular weight excluding hydrogens is 214 g/mol. The second kappa shape index (κ2) is 5.50. The Morgan fingerprint density at radius 3 is 2.24 bits per heavy atom. The van der Waals surface area contributed by atoms with Crippen LogP contribution in [-0.2, 0) is 4.79 Å². The van der Waals surface area contributed by atoms with Gasteiger partial charge in [-0.25, -0.2) is 0 Å². The van der Waals surface area contributed by atoms with Gasteiger partial charge in [-0.05, 0) is 12.8 Å². The van der Waals surface area contributed by atoms with Gasteiger partial charge in [0.05, 0.1) is 6.07 Å². The number of carbonyl (C=O) groups is 1. The third-order valence-electron chi connectivity index (χ3n) is 3.98. The number of nitriles is 1. The zero-order valence-electron chi connectivity index (χ0n) is 10.4. The van der Waals surface area contributed by atoms with E-state index in [0.717, 1.165) is 64.7 Å². The molecule has 1 amide bonds. The van der Waals surface area contributed by atoms with E-state index in [2.05, 4.69) is 11.4 Å². The highest BCUT2D eigenvalue weighted by Gasteiger charge is 2.41. The van der Waals surface area contributed by atoms with Gasteiger partial charge in [0.2, 0.25) is 5.91 Å². The van der Waals surface area contributed by atoms with Gasteiger partial charge in [0.15, 0.2) is 0 Å². The highest BCUT2D eigenvalue weighted by atomic mass is 16.2. The standard InChI is InChI=1S/C13H21N3O/c14-11-13(5-3-1-2-4-6-13)12(17)16-9-7-15-8-10-16/h15H,1-10H2. The molecule has 1 saturated heterocycles. The third kappa shape index (κ3) is 2.61. The Morgan fingerprint density at radius 2 is 1.71 bits per heavy atom. The number of hydrogen-bond donors (Lipinski definition) is 1. The quantitative estimate of drug-likeness (QED) is 0.697. The molecule has 2 rings (SSSR count). The van der Waals surface area contributed by atoms with Crippen molar-refractivity contribution < 1.29 is 4.79 Å². The molecule has 0 aromatic heterocycles. The van der Waals surface area contributed by atoms with E-state index in [9.17, 15) is 10.1 Å². The molecule has 1 aliphatic heterocycles. The van der Waals surface area contributed by atoms with Crippen molar-refractivity contribution >= 4 is 5.91 Å². The second-order valence-corrected chi connectivity index (χ2v) is 5.15. The molecule has 17 heavy (non-hydrogen) atoms. The minimum atomic E-state index is -0.714. The molecule has 0 bridgehead atoms. The SMILES string of the molecule is N#CC1(C(=O)N2CCNCC2)CCCCCC1. The molecule has 0 atom stereocenters. The summed E-state index contributed by atoms with van der Waals surface area (Å²) in [6.45, 7) is 3.21. The van der Waals surface area contributed by atoms with Gasteiger partial charge in [0.1, 0.15) is 5.41 Å². The number of piperazine rings is 1. The summed E-state index contributed by atoms with van der Waals surface area (Å²) in [6.07, 6.45) is 5.88. The normalized spacial score (nSPS) is 24.8. The first-order chi connectivity index (χ1) is 8.28. The highest BCUT2D eigenvalue weighted by Crippen LogP contribution is 2.36. The van der Waals surface area contributed by atoms with Gasteiger partial charge in [-0.3, -0.25) is 4.79 Å². The van der Waals surface area contributed by atoms with Crippen LogP contribution in [-0.4, -0.2) is 37.0 Å². The van der Waals surface area contributed by atoms with Crippen LogP contribution in [0.25, 0.3) is 0 Å². The average molecular weight is 235 g/mol. The number of amides is 1. The predicted molar refractivity (Wildman–Crippen MR) is 65.2 cm³/mol. The molecule has 0 aromatic rings. The molecule has 0 unspecified atom stereocenters.